The van der Waals surface area contributed by atoms with Gasteiger partial charge in [-0.2, -0.15) is 13.2 Å². The van der Waals surface area contributed by atoms with E-state index in [0.717, 1.165) is 11.3 Å². The number of hydrogen-bond acceptors (Lipinski definition) is 3. The summed E-state index contributed by atoms with van der Waals surface area (Å²) in [7, 11) is 0. The van der Waals surface area contributed by atoms with Gasteiger partial charge >= 0.3 is 12.1 Å². The summed E-state index contributed by atoms with van der Waals surface area (Å²) in [6, 6.07) is 4.04. The summed E-state index contributed by atoms with van der Waals surface area (Å²) in [6.45, 7) is 0.894. The van der Waals surface area contributed by atoms with E-state index in [4.69, 9.17) is 11.6 Å². The third-order valence-electron chi connectivity index (χ3n) is 6.99. The average molecular weight is 439 g/mol. The van der Waals surface area contributed by atoms with Gasteiger partial charge in [-0.1, -0.05) is 29.8 Å². The van der Waals surface area contributed by atoms with E-state index in [1.165, 1.54) is 18.2 Å². The summed E-state index contributed by atoms with van der Waals surface area (Å²) >= 11 is 6.04. The number of aryl methyl sites for hydroxylation is 1. The van der Waals surface area contributed by atoms with Crippen LogP contribution in [-0.4, -0.2) is 35.5 Å². The van der Waals surface area contributed by atoms with Gasteiger partial charge in [0.05, 0.1) is 11.8 Å². The van der Waals surface area contributed by atoms with Gasteiger partial charge in [0.1, 0.15) is 6.67 Å². The first-order valence-corrected chi connectivity index (χ1v) is 10.2. The number of halogens is 4. The molecule has 158 valence electrons. The lowest BCUT2D eigenvalue weighted by molar-refractivity contribution is -0.171. The van der Waals surface area contributed by atoms with Gasteiger partial charge in [-0.15, -0.1) is 0 Å². The Morgan fingerprint density at radius 2 is 1.70 bits per heavy atom. The minimum absolute atomic E-state index is 0.0490. The molecular formula is C21H18ClF3N2O3. The van der Waals surface area contributed by atoms with E-state index in [2.05, 4.69) is 0 Å². The normalized spacial score (nSPS) is 33.6. The SMILES string of the molecule is Cc1ccc(N(CN2C(=O)[C@@H]3[C@@H]4C=C[C@H]([C@@H]5C[C@H]45)[C@H]3C2=O)C(=O)C(F)(F)F)cc1Cl. The molecule has 0 spiro atoms. The largest absolute Gasteiger partial charge is 0.471 e. The van der Waals surface area contributed by atoms with Crippen LogP contribution in [0, 0.1) is 42.4 Å². The van der Waals surface area contributed by atoms with Crippen molar-refractivity contribution in [3.8, 4) is 0 Å². The zero-order chi connectivity index (χ0) is 21.5. The number of rotatable bonds is 3. The van der Waals surface area contributed by atoms with E-state index in [9.17, 15) is 27.6 Å². The molecule has 1 aromatic carbocycles. The van der Waals surface area contributed by atoms with Crippen LogP contribution in [0.15, 0.2) is 30.4 Å². The van der Waals surface area contributed by atoms with Crippen LogP contribution in [0.3, 0.4) is 0 Å². The number of amides is 3. The summed E-state index contributed by atoms with van der Waals surface area (Å²) in [4.78, 5) is 39.6. The standard InChI is InChI=1S/C21H18ClF3N2O3/c1-9-2-3-10(6-15(9)22)26(20(30)21(23,24)25)8-27-18(28)16-11-4-5-12(14-7-13(11)14)17(16)19(27)29/h2-6,11-14,16-17H,7-8H2,1H3/t11-,12-,13-,14+,16-,17-/m1/s1. The molecule has 1 heterocycles. The Labute approximate surface area is 175 Å². The molecule has 1 aromatic rings. The maximum atomic E-state index is 13.3. The van der Waals surface area contributed by atoms with Crippen LogP contribution in [0.2, 0.25) is 5.02 Å². The summed E-state index contributed by atoms with van der Waals surface area (Å²) in [6.07, 6.45) is -0.227. The lowest BCUT2D eigenvalue weighted by atomic mass is 9.63. The zero-order valence-electron chi connectivity index (χ0n) is 15.9. The molecule has 1 aliphatic heterocycles. The number of likely N-dealkylation sites (tertiary alicyclic amines) is 1. The van der Waals surface area contributed by atoms with E-state index in [-0.39, 0.29) is 22.5 Å². The van der Waals surface area contributed by atoms with E-state index in [1.807, 2.05) is 12.2 Å². The van der Waals surface area contributed by atoms with Crippen molar-refractivity contribution in [3.05, 3.63) is 40.9 Å². The summed E-state index contributed by atoms with van der Waals surface area (Å²) in [5, 5.41) is 0.183. The molecule has 5 nitrogen and oxygen atoms in total. The first kappa shape index (κ1) is 19.6. The van der Waals surface area contributed by atoms with Gasteiger partial charge in [-0.05, 0) is 54.7 Å². The van der Waals surface area contributed by atoms with Gasteiger partial charge in [-0.25, -0.2) is 0 Å². The Kier molecular flexibility index (Phi) is 4.13. The summed E-state index contributed by atoms with van der Waals surface area (Å²) in [5.74, 6) is -3.56. The number of carbonyl (C=O) groups is 3. The predicted molar refractivity (Wildman–Crippen MR) is 101 cm³/mol. The maximum absolute atomic E-state index is 13.3. The van der Waals surface area contributed by atoms with Crippen LogP contribution in [0.4, 0.5) is 18.9 Å². The fraction of sp³-hybridized carbons (Fsp3) is 0.476. The highest BCUT2D eigenvalue weighted by Crippen LogP contribution is 2.65. The Morgan fingerprint density at radius 1 is 1.13 bits per heavy atom. The van der Waals surface area contributed by atoms with Crippen molar-refractivity contribution in [1.82, 2.24) is 4.90 Å². The number of allylic oxidation sites excluding steroid dienone is 2. The zero-order valence-corrected chi connectivity index (χ0v) is 16.7. The number of alkyl halides is 3. The second-order valence-corrected chi connectivity index (χ2v) is 8.97. The fourth-order valence-electron chi connectivity index (χ4n) is 5.47. The van der Waals surface area contributed by atoms with Crippen molar-refractivity contribution in [2.45, 2.75) is 19.5 Å². The minimum Gasteiger partial charge on any atom is -0.286 e. The summed E-state index contributed by atoms with van der Waals surface area (Å²) < 4.78 is 39.9. The third-order valence-corrected chi connectivity index (χ3v) is 7.40. The molecule has 5 aliphatic rings. The first-order valence-electron chi connectivity index (χ1n) is 9.78. The molecule has 2 bridgehead atoms. The maximum Gasteiger partial charge on any atom is 0.471 e. The van der Waals surface area contributed by atoms with Crippen molar-refractivity contribution in [1.29, 1.82) is 0 Å². The van der Waals surface area contributed by atoms with Crippen molar-refractivity contribution < 1.29 is 27.6 Å². The number of nitrogens with zero attached hydrogens (tertiary/aromatic N) is 2. The number of anilines is 1. The molecule has 9 heteroatoms. The molecule has 0 aromatic heterocycles. The number of hydrogen-bond donors (Lipinski definition) is 0. The number of benzene rings is 1. The van der Waals surface area contributed by atoms with Gasteiger partial charge in [0.15, 0.2) is 0 Å². The predicted octanol–water partition coefficient (Wildman–Crippen LogP) is 3.55. The Balaban J connectivity index is 1.48. The molecule has 6 rings (SSSR count). The molecule has 4 aliphatic carbocycles. The molecular weight excluding hydrogens is 421 g/mol. The Morgan fingerprint density at radius 3 is 2.20 bits per heavy atom. The smallest absolute Gasteiger partial charge is 0.286 e. The van der Waals surface area contributed by atoms with E-state index in [0.29, 0.717) is 22.3 Å². The average Bonchev–Trinajstić information content (AvgIpc) is 3.47. The Hall–Kier alpha value is -2.35. The van der Waals surface area contributed by atoms with Gasteiger partial charge < -0.3 is 0 Å². The monoisotopic (exact) mass is 438 g/mol. The van der Waals surface area contributed by atoms with Crippen molar-refractivity contribution in [2.24, 2.45) is 35.5 Å². The highest BCUT2D eigenvalue weighted by molar-refractivity contribution is 6.31. The molecule has 0 unspecified atom stereocenters. The molecule has 0 radical (unpaired) electrons. The minimum atomic E-state index is -5.17. The van der Waals surface area contributed by atoms with E-state index in [1.54, 1.807) is 6.92 Å². The van der Waals surface area contributed by atoms with E-state index >= 15 is 0 Å². The van der Waals surface area contributed by atoms with Crippen LogP contribution < -0.4 is 4.90 Å². The first-order chi connectivity index (χ1) is 14.1. The van der Waals surface area contributed by atoms with Gasteiger partial charge in [-0.3, -0.25) is 24.2 Å². The van der Waals surface area contributed by atoms with Crippen LogP contribution in [0.5, 0.6) is 0 Å². The van der Waals surface area contributed by atoms with Gasteiger partial charge in [0, 0.05) is 10.7 Å². The molecule has 0 N–H and O–H groups in total. The topological polar surface area (TPSA) is 57.7 Å². The van der Waals surface area contributed by atoms with Crippen LogP contribution in [0.1, 0.15) is 12.0 Å². The number of imide groups is 1. The third kappa shape index (κ3) is 2.72. The quantitative estimate of drug-likeness (QED) is 0.535. The van der Waals surface area contributed by atoms with Crippen molar-refractivity contribution in [2.75, 3.05) is 11.6 Å². The van der Waals surface area contributed by atoms with Crippen molar-refractivity contribution in [3.63, 3.8) is 0 Å². The molecule has 3 fully saturated rings. The second-order valence-electron chi connectivity index (χ2n) is 8.56. The molecule has 2 saturated carbocycles. The molecule has 30 heavy (non-hydrogen) atoms. The molecule has 1 saturated heterocycles. The highest BCUT2D eigenvalue weighted by Gasteiger charge is 2.67. The highest BCUT2D eigenvalue weighted by atomic mass is 35.5. The van der Waals surface area contributed by atoms with Crippen LogP contribution in [-0.2, 0) is 14.4 Å². The molecule has 3 amide bonds. The Bertz CT molecular complexity index is 972. The van der Waals surface area contributed by atoms with Gasteiger partial charge in [0.25, 0.3) is 0 Å². The van der Waals surface area contributed by atoms with Gasteiger partial charge in [0.2, 0.25) is 11.8 Å². The number of carbonyl (C=O) groups excluding carboxylic acids is 3. The second kappa shape index (κ2) is 6.33. The lowest BCUT2D eigenvalue weighted by Crippen LogP contribution is -2.49. The van der Waals surface area contributed by atoms with Crippen LogP contribution >= 0.6 is 11.6 Å². The lowest BCUT2D eigenvalue weighted by Gasteiger charge is -2.37. The summed E-state index contributed by atoms with van der Waals surface area (Å²) in [5.41, 5.74) is 0.508. The fourth-order valence-corrected chi connectivity index (χ4v) is 5.64. The van der Waals surface area contributed by atoms with Crippen molar-refractivity contribution >= 4 is 35.0 Å². The van der Waals surface area contributed by atoms with E-state index < -0.39 is 42.4 Å². The van der Waals surface area contributed by atoms with Crippen LogP contribution in [0.25, 0.3) is 0 Å². The molecule has 6 atom stereocenters.